The van der Waals surface area contributed by atoms with Gasteiger partial charge in [0.2, 0.25) is 0 Å². The summed E-state index contributed by atoms with van der Waals surface area (Å²) in [6.07, 6.45) is 6.72. The van der Waals surface area contributed by atoms with Gasteiger partial charge in [0.15, 0.2) is 0 Å². The first-order valence-corrected chi connectivity index (χ1v) is 7.75. The van der Waals surface area contributed by atoms with Crippen molar-refractivity contribution >= 4 is 0 Å². The number of hydrogen-bond donors (Lipinski definition) is 1. The highest BCUT2D eigenvalue weighted by molar-refractivity contribution is 4.69. The standard InChI is InChI=1S/C16H36N2/c1-15(2)11-14-18(6)13-10-8-7-9-12-17-16(3,4)5/h15,17H,7-14H2,1-6H3. The lowest BCUT2D eigenvalue weighted by molar-refractivity contribution is 0.302. The fourth-order valence-electron chi connectivity index (χ4n) is 1.91. The summed E-state index contributed by atoms with van der Waals surface area (Å²) >= 11 is 0. The van der Waals surface area contributed by atoms with Gasteiger partial charge < -0.3 is 10.2 Å². The third-order valence-electron chi connectivity index (χ3n) is 3.21. The molecule has 0 aromatic rings. The monoisotopic (exact) mass is 256 g/mol. The number of hydrogen-bond acceptors (Lipinski definition) is 2. The zero-order chi connectivity index (χ0) is 14.0. The van der Waals surface area contributed by atoms with Crippen LogP contribution < -0.4 is 5.32 Å². The van der Waals surface area contributed by atoms with E-state index in [1.807, 2.05) is 0 Å². The van der Waals surface area contributed by atoms with Crippen LogP contribution in [-0.2, 0) is 0 Å². The minimum Gasteiger partial charge on any atom is -0.312 e. The number of nitrogens with one attached hydrogen (secondary N) is 1. The van der Waals surface area contributed by atoms with Gasteiger partial charge in [-0.2, -0.15) is 0 Å². The summed E-state index contributed by atoms with van der Waals surface area (Å²) in [5.74, 6) is 0.830. The molecule has 0 aromatic carbocycles. The molecule has 0 radical (unpaired) electrons. The van der Waals surface area contributed by atoms with E-state index in [1.54, 1.807) is 0 Å². The van der Waals surface area contributed by atoms with Gasteiger partial charge in [-0.3, -0.25) is 0 Å². The minimum absolute atomic E-state index is 0.275. The van der Waals surface area contributed by atoms with E-state index >= 15 is 0 Å². The van der Waals surface area contributed by atoms with Gasteiger partial charge in [-0.05, 0) is 72.6 Å². The summed E-state index contributed by atoms with van der Waals surface area (Å²) in [5.41, 5.74) is 0.275. The molecule has 0 aromatic heterocycles. The fourth-order valence-corrected chi connectivity index (χ4v) is 1.91. The van der Waals surface area contributed by atoms with E-state index in [0.29, 0.717) is 0 Å². The van der Waals surface area contributed by atoms with Crippen LogP contribution in [0.1, 0.15) is 66.7 Å². The quantitative estimate of drug-likeness (QED) is 0.596. The maximum absolute atomic E-state index is 3.54. The predicted octanol–water partition coefficient (Wildman–Crippen LogP) is 3.91. The molecular formula is C16H36N2. The summed E-state index contributed by atoms with van der Waals surface area (Å²) < 4.78 is 0. The second kappa shape index (κ2) is 9.80. The Kier molecular flexibility index (Phi) is 9.76. The topological polar surface area (TPSA) is 15.3 Å². The fraction of sp³-hybridized carbons (Fsp3) is 1.00. The lowest BCUT2D eigenvalue weighted by atomic mass is 10.1. The Labute approximate surface area is 116 Å². The van der Waals surface area contributed by atoms with Crippen LogP contribution in [0, 0.1) is 5.92 Å². The molecule has 0 unspecified atom stereocenters. The lowest BCUT2D eigenvalue weighted by Crippen LogP contribution is -2.36. The first-order chi connectivity index (χ1) is 8.31. The molecule has 0 amide bonds. The molecule has 0 aliphatic carbocycles. The molecule has 0 fully saturated rings. The molecular weight excluding hydrogens is 220 g/mol. The van der Waals surface area contributed by atoms with E-state index in [0.717, 1.165) is 12.5 Å². The van der Waals surface area contributed by atoms with Crippen molar-refractivity contribution in [3.8, 4) is 0 Å². The predicted molar refractivity (Wildman–Crippen MR) is 83.2 cm³/mol. The van der Waals surface area contributed by atoms with E-state index in [4.69, 9.17) is 0 Å². The second-order valence-corrected chi connectivity index (χ2v) is 7.08. The smallest absolute Gasteiger partial charge is 0.00965 e. The van der Waals surface area contributed by atoms with Crippen molar-refractivity contribution < 1.29 is 0 Å². The molecule has 18 heavy (non-hydrogen) atoms. The lowest BCUT2D eigenvalue weighted by Gasteiger charge is -2.20. The average molecular weight is 256 g/mol. The SMILES string of the molecule is CC(C)CCN(C)CCCCCCNC(C)(C)C. The van der Waals surface area contributed by atoms with Crippen LogP contribution in [0.25, 0.3) is 0 Å². The van der Waals surface area contributed by atoms with Gasteiger partial charge >= 0.3 is 0 Å². The molecule has 0 aliphatic rings. The number of nitrogens with zero attached hydrogens (tertiary/aromatic N) is 1. The molecule has 2 nitrogen and oxygen atoms in total. The van der Waals surface area contributed by atoms with E-state index in [9.17, 15) is 0 Å². The first kappa shape index (κ1) is 17.9. The second-order valence-electron chi connectivity index (χ2n) is 7.08. The van der Waals surface area contributed by atoms with E-state index < -0.39 is 0 Å². The summed E-state index contributed by atoms with van der Waals surface area (Å²) in [6.45, 7) is 15.0. The maximum Gasteiger partial charge on any atom is 0.00965 e. The Balaban J connectivity index is 3.25. The van der Waals surface area contributed by atoms with E-state index in [2.05, 4.69) is 51.9 Å². The maximum atomic E-state index is 3.54. The van der Waals surface area contributed by atoms with Crippen molar-refractivity contribution in [1.82, 2.24) is 10.2 Å². The Morgan fingerprint density at radius 2 is 1.56 bits per heavy atom. The van der Waals surface area contributed by atoms with Crippen LogP contribution >= 0.6 is 0 Å². The van der Waals surface area contributed by atoms with Crippen LogP contribution in [-0.4, -0.2) is 37.1 Å². The van der Waals surface area contributed by atoms with E-state index in [1.165, 1.54) is 45.2 Å². The Hall–Kier alpha value is -0.0800. The summed E-state index contributed by atoms with van der Waals surface area (Å²) in [7, 11) is 2.25. The molecule has 0 saturated heterocycles. The molecule has 0 atom stereocenters. The van der Waals surface area contributed by atoms with Crippen molar-refractivity contribution in [2.45, 2.75) is 72.3 Å². The van der Waals surface area contributed by atoms with Gasteiger partial charge in [0.1, 0.15) is 0 Å². The highest BCUT2D eigenvalue weighted by atomic mass is 15.1. The zero-order valence-electron chi connectivity index (χ0n) is 13.7. The van der Waals surface area contributed by atoms with Crippen LogP contribution in [0.2, 0.25) is 0 Å². The van der Waals surface area contributed by atoms with Crippen LogP contribution in [0.4, 0.5) is 0 Å². The summed E-state index contributed by atoms with van der Waals surface area (Å²) in [5, 5.41) is 3.54. The molecule has 0 saturated carbocycles. The molecule has 0 aliphatic heterocycles. The Morgan fingerprint density at radius 3 is 2.11 bits per heavy atom. The van der Waals surface area contributed by atoms with Crippen molar-refractivity contribution in [3.05, 3.63) is 0 Å². The molecule has 110 valence electrons. The minimum atomic E-state index is 0.275. The van der Waals surface area contributed by atoms with Gasteiger partial charge in [0.25, 0.3) is 0 Å². The van der Waals surface area contributed by atoms with Gasteiger partial charge in [-0.1, -0.05) is 26.7 Å². The van der Waals surface area contributed by atoms with Crippen LogP contribution in [0.5, 0.6) is 0 Å². The molecule has 0 bridgehead atoms. The van der Waals surface area contributed by atoms with Crippen molar-refractivity contribution in [3.63, 3.8) is 0 Å². The zero-order valence-corrected chi connectivity index (χ0v) is 13.7. The molecule has 0 rings (SSSR count). The highest BCUT2D eigenvalue weighted by Crippen LogP contribution is 2.05. The number of unbranched alkanes of at least 4 members (excludes halogenated alkanes) is 3. The summed E-state index contributed by atoms with van der Waals surface area (Å²) in [4.78, 5) is 2.48. The molecule has 0 spiro atoms. The van der Waals surface area contributed by atoms with Crippen molar-refractivity contribution in [2.24, 2.45) is 5.92 Å². The van der Waals surface area contributed by atoms with Gasteiger partial charge in [-0.25, -0.2) is 0 Å². The molecule has 2 heteroatoms. The van der Waals surface area contributed by atoms with Gasteiger partial charge in [-0.15, -0.1) is 0 Å². The molecule has 0 heterocycles. The van der Waals surface area contributed by atoms with E-state index in [-0.39, 0.29) is 5.54 Å². The largest absolute Gasteiger partial charge is 0.312 e. The Bertz CT molecular complexity index is 182. The van der Waals surface area contributed by atoms with Gasteiger partial charge in [0.05, 0.1) is 0 Å². The van der Waals surface area contributed by atoms with Crippen molar-refractivity contribution in [1.29, 1.82) is 0 Å². The molecule has 1 N–H and O–H groups in total. The third-order valence-corrected chi connectivity index (χ3v) is 3.21. The normalized spacial score (nSPS) is 12.7. The van der Waals surface area contributed by atoms with Crippen molar-refractivity contribution in [2.75, 3.05) is 26.7 Å². The van der Waals surface area contributed by atoms with Crippen LogP contribution in [0.15, 0.2) is 0 Å². The van der Waals surface area contributed by atoms with Gasteiger partial charge in [0, 0.05) is 5.54 Å². The third kappa shape index (κ3) is 14.0. The first-order valence-electron chi connectivity index (χ1n) is 7.75. The average Bonchev–Trinajstić information content (AvgIpc) is 2.23. The highest BCUT2D eigenvalue weighted by Gasteiger charge is 2.06. The van der Waals surface area contributed by atoms with Crippen LogP contribution in [0.3, 0.4) is 0 Å². The Morgan fingerprint density at radius 1 is 0.944 bits per heavy atom. The number of rotatable bonds is 10. The summed E-state index contributed by atoms with van der Waals surface area (Å²) in [6, 6.07) is 0.